The Morgan fingerprint density at radius 3 is 2.21 bits per heavy atom. The summed E-state index contributed by atoms with van der Waals surface area (Å²) in [6, 6.07) is 8.75. The van der Waals surface area contributed by atoms with E-state index < -0.39 is 12.0 Å². The van der Waals surface area contributed by atoms with Crippen molar-refractivity contribution < 1.29 is 19.1 Å². The molecule has 0 aliphatic heterocycles. The molecule has 1 rings (SSSR count). The molecule has 0 unspecified atom stereocenters. The molecule has 0 spiro atoms. The van der Waals surface area contributed by atoms with Gasteiger partial charge in [0.05, 0.1) is 7.11 Å². The summed E-state index contributed by atoms with van der Waals surface area (Å²) in [5, 5.41) is 5.61. The molecule has 1 aromatic rings. The third-order valence-corrected chi connectivity index (χ3v) is 4.58. The molecule has 0 bridgehead atoms. The number of benzene rings is 1. The molecular weight excluding hydrogens is 356 g/mol. The van der Waals surface area contributed by atoms with Gasteiger partial charge < -0.3 is 15.4 Å². The van der Waals surface area contributed by atoms with Crippen LogP contribution in [0, 0.1) is 0 Å². The first-order chi connectivity index (χ1) is 13.5. The van der Waals surface area contributed by atoms with Gasteiger partial charge in [0, 0.05) is 25.3 Å². The average Bonchev–Trinajstić information content (AvgIpc) is 2.69. The number of carbonyl (C=O) groups is 3. The van der Waals surface area contributed by atoms with E-state index in [4.69, 9.17) is 4.74 Å². The van der Waals surface area contributed by atoms with Gasteiger partial charge in [-0.1, -0.05) is 62.9 Å². The first-order valence-corrected chi connectivity index (χ1v) is 10.2. The van der Waals surface area contributed by atoms with Crippen molar-refractivity contribution in [2.45, 2.75) is 77.3 Å². The van der Waals surface area contributed by atoms with Crippen molar-refractivity contribution in [3.63, 3.8) is 0 Å². The molecule has 2 atom stereocenters. The Morgan fingerprint density at radius 1 is 0.964 bits per heavy atom. The topological polar surface area (TPSA) is 84.5 Å². The lowest BCUT2D eigenvalue weighted by atomic mass is 10.1. The first-order valence-electron chi connectivity index (χ1n) is 10.2. The molecule has 0 radical (unpaired) electrons. The van der Waals surface area contributed by atoms with E-state index >= 15 is 0 Å². The van der Waals surface area contributed by atoms with Crippen LogP contribution in [0.3, 0.4) is 0 Å². The van der Waals surface area contributed by atoms with Crippen LogP contribution in [-0.4, -0.2) is 37.0 Å². The predicted octanol–water partition coefficient (Wildman–Crippen LogP) is 3.14. The number of hydrogen-bond acceptors (Lipinski definition) is 4. The maximum atomic E-state index is 12.2. The van der Waals surface area contributed by atoms with E-state index in [2.05, 4.69) is 17.6 Å². The van der Waals surface area contributed by atoms with E-state index in [0.29, 0.717) is 6.42 Å². The van der Waals surface area contributed by atoms with Crippen molar-refractivity contribution in [3.05, 3.63) is 35.9 Å². The van der Waals surface area contributed by atoms with E-state index in [1.54, 1.807) is 0 Å². The van der Waals surface area contributed by atoms with Gasteiger partial charge in [-0.2, -0.15) is 0 Å². The normalized spacial score (nSPS) is 12.7. The summed E-state index contributed by atoms with van der Waals surface area (Å²) in [5.74, 6) is -0.977. The summed E-state index contributed by atoms with van der Waals surface area (Å²) in [5.41, 5.74) is 0.924. The van der Waals surface area contributed by atoms with Crippen molar-refractivity contribution in [2.24, 2.45) is 0 Å². The second-order valence-corrected chi connectivity index (χ2v) is 7.15. The molecular formula is C22H34N2O4. The zero-order valence-corrected chi connectivity index (χ0v) is 17.3. The summed E-state index contributed by atoms with van der Waals surface area (Å²) in [6.07, 6.45) is 6.10. The zero-order valence-electron chi connectivity index (χ0n) is 17.3. The second-order valence-electron chi connectivity index (χ2n) is 7.15. The van der Waals surface area contributed by atoms with Crippen LogP contribution in [0.25, 0.3) is 0 Å². The lowest BCUT2D eigenvalue weighted by molar-refractivity contribution is -0.145. The Hall–Kier alpha value is -2.37. The largest absolute Gasteiger partial charge is 0.467 e. The molecule has 2 N–H and O–H groups in total. The van der Waals surface area contributed by atoms with Crippen LogP contribution >= 0.6 is 0 Å². The van der Waals surface area contributed by atoms with Gasteiger partial charge in [-0.25, -0.2) is 4.79 Å². The van der Waals surface area contributed by atoms with Gasteiger partial charge >= 0.3 is 5.97 Å². The molecule has 0 fully saturated rings. The molecule has 0 aromatic heterocycles. The molecule has 156 valence electrons. The van der Waals surface area contributed by atoms with Crippen LogP contribution in [-0.2, 0) is 25.5 Å². The molecule has 28 heavy (non-hydrogen) atoms. The van der Waals surface area contributed by atoms with E-state index in [-0.39, 0.29) is 30.7 Å². The van der Waals surface area contributed by atoms with Gasteiger partial charge in [-0.3, -0.25) is 9.59 Å². The zero-order chi connectivity index (χ0) is 20.8. The number of esters is 1. The van der Waals surface area contributed by atoms with Gasteiger partial charge in [0.25, 0.3) is 0 Å². The Bertz CT molecular complexity index is 604. The van der Waals surface area contributed by atoms with Gasteiger partial charge in [0.1, 0.15) is 6.04 Å². The maximum Gasteiger partial charge on any atom is 0.328 e. The number of carbonyl (C=O) groups excluding carboxylic acids is 3. The number of hydrogen-bond donors (Lipinski definition) is 2. The molecule has 0 aliphatic rings. The van der Waals surface area contributed by atoms with Gasteiger partial charge in [0.15, 0.2) is 0 Å². The Labute approximate surface area is 168 Å². The third-order valence-electron chi connectivity index (χ3n) is 4.58. The highest BCUT2D eigenvalue weighted by molar-refractivity contribution is 5.87. The Morgan fingerprint density at radius 2 is 1.61 bits per heavy atom. The first kappa shape index (κ1) is 23.7. The number of unbranched alkanes of at least 4 members (excludes halogenated alkanes) is 3. The fourth-order valence-corrected chi connectivity index (χ4v) is 2.98. The highest BCUT2D eigenvalue weighted by Crippen LogP contribution is 2.07. The average molecular weight is 391 g/mol. The quantitative estimate of drug-likeness (QED) is 0.400. The number of amides is 2. The number of ether oxygens (including phenoxy) is 1. The Balaban J connectivity index is 2.39. The predicted molar refractivity (Wildman–Crippen MR) is 110 cm³/mol. The highest BCUT2D eigenvalue weighted by Gasteiger charge is 2.22. The number of nitrogens with one attached hydrogen (secondary N) is 2. The van der Waals surface area contributed by atoms with Crippen LogP contribution < -0.4 is 10.6 Å². The minimum Gasteiger partial charge on any atom is -0.467 e. The molecule has 0 heterocycles. The van der Waals surface area contributed by atoms with Crippen molar-refractivity contribution in [3.8, 4) is 0 Å². The summed E-state index contributed by atoms with van der Waals surface area (Å²) in [7, 11) is 1.29. The SMILES string of the molecule is CCCCCC[C@@H](C)NC(=O)CCC(=O)N[C@H](Cc1ccccc1)C(=O)OC. The van der Waals surface area contributed by atoms with E-state index in [1.807, 2.05) is 37.3 Å². The smallest absolute Gasteiger partial charge is 0.328 e. The molecule has 6 nitrogen and oxygen atoms in total. The van der Waals surface area contributed by atoms with Crippen molar-refractivity contribution in [2.75, 3.05) is 7.11 Å². The maximum absolute atomic E-state index is 12.2. The van der Waals surface area contributed by atoms with Crippen LogP contribution in [0.5, 0.6) is 0 Å². The minimum atomic E-state index is -0.763. The van der Waals surface area contributed by atoms with E-state index in [0.717, 1.165) is 18.4 Å². The van der Waals surface area contributed by atoms with Crippen molar-refractivity contribution in [1.82, 2.24) is 10.6 Å². The van der Waals surface area contributed by atoms with Crippen molar-refractivity contribution in [1.29, 1.82) is 0 Å². The van der Waals surface area contributed by atoms with E-state index in [1.165, 1.54) is 26.4 Å². The number of methoxy groups -OCH3 is 1. The Kier molecular flexibility index (Phi) is 11.6. The van der Waals surface area contributed by atoms with Crippen LogP contribution in [0.15, 0.2) is 30.3 Å². The fraction of sp³-hybridized carbons (Fsp3) is 0.591. The van der Waals surface area contributed by atoms with Gasteiger partial charge in [0.2, 0.25) is 11.8 Å². The summed E-state index contributed by atoms with van der Waals surface area (Å²) in [4.78, 5) is 36.2. The molecule has 0 saturated carbocycles. The number of rotatable bonds is 13. The fourth-order valence-electron chi connectivity index (χ4n) is 2.98. The minimum absolute atomic E-state index is 0.0384. The standard InChI is InChI=1S/C22H34N2O4/c1-4-5-6-8-11-17(2)23-20(25)14-15-21(26)24-19(22(27)28-3)16-18-12-9-7-10-13-18/h7,9-10,12-13,17,19H,4-6,8,11,14-16H2,1-3H3,(H,23,25)(H,24,26)/t17-,19-/m1/s1. The van der Waals surface area contributed by atoms with Gasteiger partial charge in [-0.15, -0.1) is 0 Å². The van der Waals surface area contributed by atoms with Crippen LogP contribution in [0.2, 0.25) is 0 Å². The molecule has 2 amide bonds. The summed E-state index contributed by atoms with van der Waals surface area (Å²) < 4.78 is 4.79. The monoisotopic (exact) mass is 390 g/mol. The van der Waals surface area contributed by atoms with Gasteiger partial charge in [-0.05, 0) is 18.9 Å². The third kappa shape index (κ3) is 10.1. The van der Waals surface area contributed by atoms with Crippen molar-refractivity contribution >= 4 is 17.8 Å². The lowest BCUT2D eigenvalue weighted by Crippen LogP contribution is -2.43. The lowest BCUT2D eigenvalue weighted by Gasteiger charge is -2.17. The highest BCUT2D eigenvalue weighted by atomic mass is 16.5. The van der Waals surface area contributed by atoms with E-state index in [9.17, 15) is 14.4 Å². The molecule has 0 saturated heterocycles. The second kappa shape index (κ2) is 13.7. The van der Waals surface area contributed by atoms with Crippen LogP contribution in [0.1, 0.15) is 64.4 Å². The summed E-state index contributed by atoms with van der Waals surface area (Å²) >= 11 is 0. The molecule has 6 heteroatoms. The molecule has 1 aromatic carbocycles. The van der Waals surface area contributed by atoms with Crippen LogP contribution in [0.4, 0.5) is 0 Å². The summed E-state index contributed by atoms with van der Waals surface area (Å²) in [6.45, 7) is 4.15. The molecule has 0 aliphatic carbocycles.